The number of amides is 2. The molecule has 2 N–H and O–H groups in total. The molecule has 1 fully saturated rings. The summed E-state index contributed by atoms with van der Waals surface area (Å²) in [7, 11) is 0. The van der Waals surface area contributed by atoms with E-state index in [0.29, 0.717) is 32.0 Å². The highest BCUT2D eigenvalue weighted by molar-refractivity contribution is 5.89. The van der Waals surface area contributed by atoms with E-state index < -0.39 is 0 Å². The lowest BCUT2D eigenvalue weighted by molar-refractivity contribution is -0.133. The number of nitrogens with one attached hydrogen (secondary N) is 2. The molecular formula is C14H19N3O3. The molecule has 0 unspecified atom stereocenters. The van der Waals surface area contributed by atoms with Gasteiger partial charge in [0.25, 0.3) is 0 Å². The van der Waals surface area contributed by atoms with E-state index in [2.05, 4.69) is 10.6 Å². The number of rotatable bonds is 4. The summed E-state index contributed by atoms with van der Waals surface area (Å²) in [5.74, 6) is -0.0650. The van der Waals surface area contributed by atoms with Crippen LogP contribution in [0.2, 0.25) is 0 Å². The van der Waals surface area contributed by atoms with Crippen LogP contribution in [0.25, 0.3) is 0 Å². The molecule has 6 heteroatoms. The Balaban J connectivity index is 1.86. The van der Waals surface area contributed by atoms with Crippen molar-refractivity contribution in [2.45, 2.75) is 6.92 Å². The summed E-state index contributed by atoms with van der Waals surface area (Å²) < 4.78 is 5.21. The van der Waals surface area contributed by atoms with Gasteiger partial charge in [0.2, 0.25) is 11.8 Å². The van der Waals surface area contributed by atoms with Crippen LogP contribution in [0, 0.1) is 0 Å². The Bertz CT molecular complexity index is 484. The number of anilines is 2. The van der Waals surface area contributed by atoms with Gasteiger partial charge in [0.1, 0.15) is 0 Å². The highest BCUT2D eigenvalue weighted by Crippen LogP contribution is 2.14. The number of morpholine rings is 1. The molecule has 1 aliphatic rings. The predicted molar refractivity (Wildman–Crippen MR) is 76.6 cm³/mol. The van der Waals surface area contributed by atoms with Crippen LogP contribution < -0.4 is 10.6 Å². The second kappa shape index (κ2) is 6.91. The second-order valence-electron chi connectivity index (χ2n) is 4.61. The zero-order chi connectivity index (χ0) is 14.4. The third-order valence-corrected chi connectivity index (χ3v) is 2.99. The first-order valence-electron chi connectivity index (χ1n) is 6.62. The molecule has 0 bridgehead atoms. The fourth-order valence-electron chi connectivity index (χ4n) is 2.01. The summed E-state index contributed by atoms with van der Waals surface area (Å²) in [5, 5.41) is 5.78. The molecule has 0 atom stereocenters. The number of nitrogens with zero attached hydrogens (tertiary/aromatic N) is 1. The van der Waals surface area contributed by atoms with Gasteiger partial charge in [0, 0.05) is 31.4 Å². The minimum Gasteiger partial charge on any atom is -0.378 e. The number of carbonyl (C=O) groups is 2. The van der Waals surface area contributed by atoms with Crippen molar-refractivity contribution in [3.63, 3.8) is 0 Å². The van der Waals surface area contributed by atoms with Crippen LogP contribution in [0.5, 0.6) is 0 Å². The fourth-order valence-corrected chi connectivity index (χ4v) is 2.01. The maximum atomic E-state index is 12.0. The monoisotopic (exact) mass is 277 g/mol. The largest absolute Gasteiger partial charge is 0.378 e. The van der Waals surface area contributed by atoms with Crippen LogP contribution >= 0.6 is 0 Å². The second-order valence-corrected chi connectivity index (χ2v) is 4.61. The number of hydrogen-bond donors (Lipinski definition) is 2. The molecule has 1 aromatic rings. The van der Waals surface area contributed by atoms with Crippen LogP contribution in [0.4, 0.5) is 11.4 Å². The first-order chi connectivity index (χ1) is 9.65. The lowest BCUT2D eigenvalue weighted by Gasteiger charge is -2.27. The fraction of sp³-hybridized carbons (Fsp3) is 0.429. The molecule has 0 aliphatic carbocycles. The molecular weight excluding hydrogens is 258 g/mol. The normalized spacial score (nSPS) is 14.8. The van der Waals surface area contributed by atoms with Gasteiger partial charge in [-0.15, -0.1) is 0 Å². The van der Waals surface area contributed by atoms with Crippen molar-refractivity contribution in [3.05, 3.63) is 24.3 Å². The van der Waals surface area contributed by atoms with Crippen molar-refractivity contribution in [3.8, 4) is 0 Å². The Hall–Kier alpha value is -2.08. The topological polar surface area (TPSA) is 70.7 Å². The molecule has 1 aliphatic heterocycles. The Morgan fingerprint density at radius 1 is 1.25 bits per heavy atom. The summed E-state index contributed by atoms with van der Waals surface area (Å²) in [6, 6.07) is 7.29. The van der Waals surface area contributed by atoms with Gasteiger partial charge in [0.05, 0.1) is 19.8 Å². The van der Waals surface area contributed by atoms with Crippen molar-refractivity contribution in [2.75, 3.05) is 43.5 Å². The van der Waals surface area contributed by atoms with E-state index in [1.54, 1.807) is 17.0 Å². The van der Waals surface area contributed by atoms with Crippen molar-refractivity contribution in [2.24, 2.45) is 0 Å². The van der Waals surface area contributed by atoms with E-state index in [1.165, 1.54) is 6.92 Å². The molecule has 2 amide bonds. The number of carbonyl (C=O) groups excluding carboxylic acids is 2. The number of ether oxygens (including phenoxy) is 1. The van der Waals surface area contributed by atoms with E-state index in [9.17, 15) is 9.59 Å². The van der Waals surface area contributed by atoms with Crippen molar-refractivity contribution < 1.29 is 14.3 Å². The third kappa shape index (κ3) is 4.24. The highest BCUT2D eigenvalue weighted by Gasteiger charge is 2.16. The first kappa shape index (κ1) is 14.3. The Morgan fingerprint density at radius 2 is 1.95 bits per heavy atom. The molecule has 1 saturated heterocycles. The summed E-state index contributed by atoms with van der Waals surface area (Å²) in [6.07, 6.45) is 0. The molecule has 1 heterocycles. The van der Waals surface area contributed by atoms with Crippen LogP contribution in [-0.4, -0.2) is 49.6 Å². The molecule has 2 rings (SSSR count). The molecule has 0 saturated carbocycles. The van der Waals surface area contributed by atoms with Gasteiger partial charge in [0.15, 0.2) is 0 Å². The molecule has 1 aromatic carbocycles. The quantitative estimate of drug-likeness (QED) is 0.858. The van der Waals surface area contributed by atoms with E-state index in [-0.39, 0.29) is 18.4 Å². The average Bonchev–Trinajstić information content (AvgIpc) is 2.45. The minimum absolute atomic E-state index is 0.0539. The summed E-state index contributed by atoms with van der Waals surface area (Å²) in [6.45, 7) is 4.19. The molecule has 20 heavy (non-hydrogen) atoms. The average molecular weight is 277 g/mol. The smallest absolute Gasteiger partial charge is 0.242 e. The van der Waals surface area contributed by atoms with E-state index in [0.717, 1.165) is 5.69 Å². The number of benzene rings is 1. The van der Waals surface area contributed by atoms with Crippen molar-refractivity contribution in [1.29, 1.82) is 0 Å². The highest BCUT2D eigenvalue weighted by atomic mass is 16.5. The lowest BCUT2D eigenvalue weighted by atomic mass is 10.2. The van der Waals surface area contributed by atoms with E-state index in [1.807, 2.05) is 12.1 Å². The van der Waals surface area contributed by atoms with Crippen molar-refractivity contribution in [1.82, 2.24) is 4.90 Å². The summed E-state index contributed by atoms with van der Waals surface area (Å²) in [5.41, 5.74) is 1.51. The molecule has 0 radical (unpaired) electrons. The number of hydrogen-bond acceptors (Lipinski definition) is 4. The zero-order valence-corrected chi connectivity index (χ0v) is 11.5. The standard InChI is InChI=1S/C14H19N3O3/c1-11(18)16-13-4-2-3-12(9-13)15-10-14(19)17-5-7-20-8-6-17/h2-4,9,15H,5-8,10H2,1H3,(H,16,18). The van der Waals surface area contributed by atoms with Crippen LogP contribution in [-0.2, 0) is 14.3 Å². The lowest BCUT2D eigenvalue weighted by Crippen LogP contribution is -2.43. The van der Waals surface area contributed by atoms with E-state index in [4.69, 9.17) is 4.74 Å². The maximum absolute atomic E-state index is 12.0. The molecule has 0 aromatic heterocycles. The van der Waals surface area contributed by atoms with Gasteiger partial charge < -0.3 is 20.3 Å². The van der Waals surface area contributed by atoms with Crippen LogP contribution in [0.3, 0.4) is 0 Å². The first-order valence-corrected chi connectivity index (χ1v) is 6.62. The van der Waals surface area contributed by atoms with Crippen LogP contribution in [0.15, 0.2) is 24.3 Å². The Labute approximate surface area is 118 Å². The van der Waals surface area contributed by atoms with Gasteiger partial charge in [-0.3, -0.25) is 9.59 Å². The predicted octanol–water partition coefficient (Wildman–Crippen LogP) is 0.916. The maximum Gasteiger partial charge on any atom is 0.242 e. The Morgan fingerprint density at radius 3 is 2.65 bits per heavy atom. The van der Waals surface area contributed by atoms with Gasteiger partial charge in [-0.25, -0.2) is 0 Å². The van der Waals surface area contributed by atoms with E-state index >= 15 is 0 Å². The molecule has 108 valence electrons. The molecule has 6 nitrogen and oxygen atoms in total. The zero-order valence-electron chi connectivity index (χ0n) is 11.5. The van der Waals surface area contributed by atoms with Crippen LogP contribution in [0.1, 0.15) is 6.92 Å². The summed E-state index contributed by atoms with van der Waals surface area (Å²) >= 11 is 0. The summed E-state index contributed by atoms with van der Waals surface area (Å²) in [4.78, 5) is 24.8. The van der Waals surface area contributed by atoms with Gasteiger partial charge in [-0.05, 0) is 18.2 Å². The van der Waals surface area contributed by atoms with Gasteiger partial charge in [-0.1, -0.05) is 6.07 Å². The van der Waals surface area contributed by atoms with Gasteiger partial charge >= 0.3 is 0 Å². The third-order valence-electron chi connectivity index (χ3n) is 2.99. The Kier molecular flexibility index (Phi) is 4.95. The SMILES string of the molecule is CC(=O)Nc1cccc(NCC(=O)N2CCOCC2)c1. The molecule has 0 spiro atoms. The minimum atomic E-state index is -0.119. The van der Waals surface area contributed by atoms with Gasteiger partial charge in [-0.2, -0.15) is 0 Å². The van der Waals surface area contributed by atoms with Crippen molar-refractivity contribution >= 4 is 23.2 Å².